The highest BCUT2D eigenvalue weighted by Gasteiger charge is 2.34. The fraction of sp³-hybridized carbons (Fsp3) is 0.407. The molecular formula is C27H34N2O5S3. The number of methoxy groups -OCH3 is 1. The monoisotopic (exact) mass is 562 g/mol. The SMILES string of the molecule is C=CCN1C(=O)/C(=C/c2ccc(OCCCCCCCCC)c(OC)c2)S/C1=N/S(=O)(=O)c1cccs1. The molecule has 0 spiro atoms. The molecule has 0 atom stereocenters. The molecule has 200 valence electrons. The third-order valence-corrected chi connectivity index (χ3v) is 9.40. The van der Waals surface area contributed by atoms with Gasteiger partial charge in [-0.2, -0.15) is 8.42 Å². The lowest BCUT2D eigenvalue weighted by atomic mass is 10.1. The second-order valence-corrected chi connectivity index (χ2v) is 12.3. The zero-order valence-electron chi connectivity index (χ0n) is 21.4. The van der Waals surface area contributed by atoms with Crippen molar-refractivity contribution >= 4 is 50.3 Å². The largest absolute Gasteiger partial charge is 0.493 e. The van der Waals surface area contributed by atoms with Crippen LogP contribution in [-0.4, -0.2) is 44.7 Å². The summed E-state index contributed by atoms with van der Waals surface area (Å²) in [5, 5.41) is 1.77. The summed E-state index contributed by atoms with van der Waals surface area (Å²) in [6.07, 6.45) is 11.7. The Hall–Kier alpha value is -2.56. The van der Waals surface area contributed by atoms with E-state index in [4.69, 9.17) is 9.47 Å². The highest BCUT2D eigenvalue weighted by atomic mass is 32.2. The Labute approximate surface area is 228 Å². The number of nitrogens with zero attached hydrogens (tertiary/aromatic N) is 2. The molecule has 1 aromatic carbocycles. The molecule has 7 nitrogen and oxygen atoms in total. The number of benzene rings is 1. The lowest BCUT2D eigenvalue weighted by Crippen LogP contribution is -2.29. The van der Waals surface area contributed by atoms with Gasteiger partial charge < -0.3 is 9.47 Å². The number of hydrogen-bond acceptors (Lipinski definition) is 7. The third kappa shape index (κ3) is 8.21. The van der Waals surface area contributed by atoms with Crippen LogP contribution in [-0.2, 0) is 14.8 Å². The summed E-state index contributed by atoms with van der Waals surface area (Å²) < 4.78 is 40.9. The van der Waals surface area contributed by atoms with Crippen molar-refractivity contribution in [1.29, 1.82) is 0 Å². The van der Waals surface area contributed by atoms with Gasteiger partial charge in [0.15, 0.2) is 16.7 Å². The highest BCUT2D eigenvalue weighted by Crippen LogP contribution is 2.36. The summed E-state index contributed by atoms with van der Waals surface area (Å²) in [6, 6.07) is 8.61. The van der Waals surface area contributed by atoms with Crippen molar-refractivity contribution in [1.82, 2.24) is 4.90 Å². The van der Waals surface area contributed by atoms with Gasteiger partial charge in [-0.1, -0.05) is 63.7 Å². The standard InChI is InChI=1S/C27H34N2O5S3/c1-4-6-7-8-9-10-11-17-34-22-15-14-21(19-23(22)33-3)20-24-26(30)29(16-5-2)27(36-24)28-37(31,32)25-13-12-18-35-25/h5,12-15,18-20H,2,4,6-11,16-17H2,1,3H3/b24-20-,28-27+. The van der Waals surface area contributed by atoms with E-state index in [1.54, 1.807) is 30.7 Å². The maximum Gasteiger partial charge on any atom is 0.294 e. The Morgan fingerprint density at radius 2 is 1.84 bits per heavy atom. The number of thiophene rings is 1. The van der Waals surface area contributed by atoms with Gasteiger partial charge in [-0.15, -0.1) is 22.3 Å². The van der Waals surface area contributed by atoms with Gasteiger partial charge in [0, 0.05) is 6.54 Å². The maximum absolute atomic E-state index is 13.0. The molecule has 0 unspecified atom stereocenters. The van der Waals surface area contributed by atoms with Gasteiger partial charge >= 0.3 is 0 Å². The second-order valence-electron chi connectivity index (χ2n) is 8.48. The van der Waals surface area contributed by atoms with Crippen molar-refractivity contribution in [3.05, 3.63) is 58.8 Å². The number of rotatable bonds is 15. The lowest BCUT2D eigenvalue weighted by Gasteiger charge is -2.12. The quantitative estimate of drug-likeness (QED) is 0.136. The molecular weight excluding hydrogens is 529 g/mol. The Balaban J connectivity index is 1.70. The summed E-state index contributed by atoms with van der Waals surface area (Å²) in [6.45, 7) is 6.67. The van der Waals surface area contributed by atoms with E-state index in [0.717, 1.165) is 41.5 Å². The number of sulfonamides is 1. The smallest absolute Gasteiger partial charge is 0.294 e. The highest BCUT2D eigenvalue weighted by molar-refractivity contribution is 8.19. The van der Waals surface area contributed by atoms with Crippen molar-refractivity contribution in [2.24, 2.45) is 4.40 Å². The van der Waals surface area contributed by atoms with Crippen LogP contribution in [0.2, 0.25) is 0 Å². The first-order valence-corrected chi connectivity index (χ1v) is 15.5. The number of carbonyl (C=O) groups excluding carboxylic acids is 1. The minimum atomic E-state index is -3.91. The van der Waals surface area contributed by atoms with Crippen LogP contribution in [0.15, 0.2) is 61.9 Å². The molecule has 0 aliphatic carbocycles. The number of unbranched alkanes of at least 4 members (excludes halogenated alkanes) is 6. The molecule has 2 aromatic rings. The number of carbonyl (C=O) groups is 1. The zero-order chi connectivity index (χ0) is 26.7. The van der Waals surface area contributed by atoms with E-state index in [1.807, 2.05) is 12.1 Å². The van der Waals surface area contributed by atoms with Gasteiger partial charge in [0.2, 0.25) is 0 Å². The van der Waals surface area contributed by atoms with E-state index in [0.29, 0.717) is 23.0 Å². The van der Waals surface area contributed by atoms with E-state index >= 15 is 0 Å². The summed E-state index contributed by atoms with van der Waals surface area (Å²) >= 11 is 2.10. The van der Waals surface area contributed by atoms with Crippen molar-refractivity contribution in [2.75, 3.05) is 20.3 Å². The molecule has 0 N–H and O–H groups in total. The number of thioether (sulfide) groups is 1. The Morgan fingerprint density at radius 1 is 1.08 bits per heavy atom. The Kier molecular flexibility index (Phi) is 11.3. The number of hydrogen-bond donors (Lipinski definition) is 0. The minimum absolute atomic E-state index is 0.103. The molecule has 0 bridgehead atoms. The van der Waals surface area contributed by atoms with E-state index in [-0.39, 0.29) is 21.8 Å². The molecule has 1 aliphatic rings. The van der Waals surface area contributed by atoms with Crippen molar-refractivity contribution in [3.8, 4) is 11.5 Å². The molecule has 1 aliphatic heterocycles. The zero-order valence-corrected chi connectivity index (χ0v) is 23.8. The Morgan fingerprint density at radius 3 is 2.51 bits per heavy atom. The fourth-order valence-corrected chi connectivity index (χ4v) is 6.87. The fourth-order valence-electron chi connectivity index (χ4n) is 3.71. The summed E-state index contributed by atoms with van der Waals surface area (Å²) in [5.41, 5.74) is 0.733. The first kappa shape index (κ1) is 29.0. The average Bonchev–Trinajstić information content (AvgIpc) is 3.52. The van der Waals surface area contributed by atoms with Gasteiger partial charge in [0.25, 0.3) is 15.9 Å². The van der Waals surface area contributed by atoms with Crippen molar-refractivity contribution in [2.45, 2.75) is 56.1 Å². The van der Waals surface area contributed by atoms with Crippen LogP contribution in [0.1, 0.15) is 57.4 Å². The third-order valence-electron chi connectivity index (χ3n) is 5.64. The molecule has 37 heavy (non-hydrogen) atoms. The predicted molar refractivity (Wildman–Crippen MR) is 153 cm³/mol. The summed E-state index contributed by atoms with van der Waals surface area (Å²) in [4.78, 5) is 14.7. The van der Waals surface area contributed by atoms with Crippen LogP contribution in [0.5, 0.6) is 11.5 Å². The number of ether oxygens (including phenoxy) is 2. The molecule has 0 radical (unpaired) electrons. The molecule has 1 aromatic heterocycles. The first-order chi connectivity index (χ1) is 17.9. The lowest BCUT2D eigenvalue weighted by molar-refractivity contribution is -0.121. The van der Waals surface area contributed by atoms with Crippen LogP contribution in [0, 0.1) is 0 Å². The minimum Gasteiger partial charge on any atom is -0.493 e. The molecule has 10 heteroatoms. The summed E-state index contributed by atoms with van der Waals surface area (Å²) in [7, 11) is -2.34. The Bertz CT molecular complexity index is 1220. The number of amidine groups is 1. The topological polar surface area (TPSA) is 85.3 Å². The molecule has 0 saturated carbocycles. The molecule has 2 heterocycles. The maximum atomic E-state index is 13.0. The van der Waals surface area contributed by atoms with Gasteiger partial charge in [-0.25, -0.2) is 0 Å². The van der Waals surface area contributed by atoms with Crippen molar-refractivity contribution < 1.29 is 22.7 Å². The molecule has 1 fully saturated rings. The van der Waals surface area contributed by atoms with E-state index in [9.17, 15) is 13.2 Å². The van der Waals surface area contributed by atoms with Gasteiger partial charge in [-0.3, -0.25) is 9.69 Å². The van der Waals surface area contributed by atoms with E-state index in [1.165, 1.54) is 49.1 Å². The van der Waals surface area contributed by atoms with E-state index < -0.39 is 10.0 Å². The normalized spacial score (nSPS) is 16.1. The molecule has 3 rings (SSSR count). The van der Waals surface area contributed by atoms with Gasteiger partial charge in [0.05, 0.1) is 18.6 Å². The summed E-state index contributed by atoms with van der Waals surface area (Å²) in [5.74, 6) is 0.895. The average molecular weight is 563 g/mol. The van der Waals surface area contributed by atoms with Crippen molar-refractivity contribution in [3.63, 3.8) is 0 Å². The van der Waals surface area contributed by atoms with Gasteiger partial charge in [-0.05, 0) is 53.4 Å². The van der Waals surface area contributed by atoms with Crippen LogP contribution in [0.25, 0.3) is 6.08 Å². The van der Waals surface area contributed by atoms with Crippen LogP contribution >= 0.6 is 23.1 Å². The second kappa shape index (κ2) is 14.4. The molecule has 1 saturated heterocycles. The van der Waals surface area contributed by atoms with E-state index in [2.05, 4.69) is 17.9 Å². The van der Waals surface area contributed by atoms with Crippen LogP contribution in [0.3, 0.4) is 0 Å². The first-order valence-electron chi connectivity index (χ1n) is 12.4. The van der Waals surface area contributed by atoms with Gasteiger partial charge in [0.1, 0.15) is 4.21 Å². The number of amides is 1. The van der Waals surface area contributed by atoms with Crippen LogP contribution in [0.4, 0.5) is 0 Å². The molecule has 1 amide bonds. The van der Waals surface area contributed by atoms with Crippen LogP contribution < -0.4 is 9.47 Å². The predicted octanol–water partition coefficient (Wildman–Crippen LogP) is 6.73.